The molecule has 1 aliphatic rings. The molecule has 42 heavy (non-hydrogen) atoms. The lowest BCUT2D eigenvalue weighted by Gasteiger charge is -2.38. The molecule has 3 heterocycles. The highest BCUT2D eigenvalue weighted by atomic mass is 32.1. The fraction of sp³-hybridized carbons (Fsp3) is 0.344. The Kier molecular flexibility index (Phi) is 7.63. The van der Waals surface area contributed by atoms with Crippen LogP contribution in [0.5, 0.6) is 17.4 Å². The molecule has 0 amide bonds. The van der Waals surface area contributed by atoms with E-state index in [1.807, 2.05) is 0 Å². The van der Waals surface area contributed by atoms with Crippen LogP contribution < -0.4 is 20.3 Å². The van der Waals surface area contributed by atoms with Gasteiger partial charge in [0, 0.05) is 29.5 Å². The van der Waals surface area contributed by atoms with Crippen LogP contribution in [0.4, 0.5) is 5.00 Å². The number of fused-ring (bicyclic) bond motifs is 2. The van der Waals surface area contributed by atoms with Gasteiger partial charge < -0.3 is 24.6 Å². The molecule has 0 radical (unpaired) electrons. The van der Waals surface area contributed by atoms with Gasteiger partial charge in [-0.3, -0.25) is 4.79 Å². The minimum absolute atomic E-state index is 0.122. The van der Waals surface area contributed by atoms with E-state index in [9.17, 15) is 14.7 Å². The number of hydrogen-bond donors (Lipinski definition) is 2. The van der Waals surface area contributed by atoms with Crippen molar-refractivity contribution in [2.45, 2.75) is 52.1 Å². The Morgan fingerprint density at radius 3 is 2.45 bits per heavy atom. The van der Waals surface area contributed by atoms with Gasteiger partial charge >= 0.3 is 5.97 Å². The maximum Gasteiger partial charge on any atom is 0.341 e. The number of methoxy groups -OCH3 is 2. The summed E-state index contributed by atoms with van der Waals surface area (Å²) in [5.41, 5.74) is 1.36. The predicted octanol–water partition coefficient (Wildman–Crippen LogP) is 4.84. The number of thiophene rings is 1. The summed E-state index contributed by atoms with van der Waals surface area (Å²) >= 11 is 1.46. The number of nitrogens with two attached hydrogens (primary N) is 1. The van der Waals surface area contributed by atoms with Crippen molar-refractivity contribution in [1.29, 1.82) is 0 Å². The molecule has 0 spiro atoms. The highest BCUT2D eigenvalue weighted by molar-refractivity contribution is 7.16. The molecule has 1 aliphatic heterocycles. The number of rotatable bonds is 7. The summed E-state index contributed by atoms with van der Waals surface area (Å²) in [5, 5.41) is 15.3. The third-order valence-corrected chi connectivity index (χ3v) is 8.96. The summed E-state index contributed by atoms with van der Waals surface area (Å²) in [6, 6.07) is 12.0. The molecule has 5 rings (SSSR count). The zero-order valence-electron chi connectivity index (χ0n) is 24.9. The third-order valence-electron chi connectivity index (χ3n) is 7.48. The average molecular weight is 591 g/mol. The highest BCUT2D eigenvalue weighted by Crippen LogP contribution is 2.44. The van der Waals surface area contributed by atoms with E-state index < -0.39 is 11.5 Å². The Bertz CT molecular complexity index is 1780. The first-order chi connectivity index (χ1) is 19.9. The molecule has 0 saturated carbocycles. The van der Waals surface area contributed by atoms with E-state index in [1.54, 1.807) is 49.4 Å². The average Bonchev–Trinajstić information content (AvgIpc) is 3.30. The first-order valence-electron chi connectivity index (χ1n) is 13.8. The van der Waals surface area contributed by atoms with Crippen LogP contribution in [-0.4, -0.2) is 48.2 Å². The number of carbonyl (C=O) groups excluding carboxylic acids is 1. The van der Waals surface area contributed by atoms with Crippen LogP contribution in [0.3, 0.4) is 0 Å². The molecule has 0 aliphatic carbocycles. The van der Waals surface area contributed by atoms with Crippen molar-refractivity contribution in [3.8, 4) is 23.1 Å². The number of hydrogen-bond acceptors (Lipinski definition) is 8. The van der Waals surface area contributed by atoms with Crippen molar-refractivity contribution in [2.24, 2.45) is 4.99 Å². The van der Waals surface area contributed by atoms with Gasteiger partial charge in [0.05, 0.1) is 42.5 Å². The quantitative estimate of drug-likeness (QED) is 0.235. The molecular formula is C32H36N3O6S+. The van der Waals surface area contributed by atoms with Gasteiger partial charge in [-0.1, -0.05) is 18.2 Å². The normalized spacial score (nSPS) is 15.5. The van der Waals surface area contributed by atoms with Crippen LogP contribution in [0.15, 0.2) is 52.3 Å². The fourth-order valence-corrected chi connectivity index (χ4v) is 7.24. The van der Waals surface area contributed by atoms with E-state index in [4.69, 9.17) is 19.2 Å². The second kappa shape index (κ2) is 10.9. The second-order valence-corrected chi connectivity index (χ2v) is 12.6. The number of ether oxygens (including phenoxy) is 3. The fourth-order valence-electron chi connectivity index (χ4n) is 6.01. The molecule has 2 aromatic heterocycles. The monoisotopic (exact) mass is 590 g/mol. The first kappa shape index (κ1) is 29.3. The molecule has 0 saturated heterocycles. The number of carbonyl (C=O) groups is 1. The number of benzene rings is 2. The van der Waals surface area contributed by atoms with Crippen LogP contribution in [0.25, 0.3) is 16.5 Å². The summed E-state index contributed by atoms with van der Waals surface area (Å²) in [4.78, 5) is 32.8. The maximum absolute atomic E-state index is 13.6. The highest BCUT2D eigenvalue weighted by Gasteiger charge is 2.45. The van der Waals surface area contributed by atoms with Gasteiger partial charge in [-0.15, -0.1) is 11.3 Å². The van der Waals surface area contributed by atoms with Crippen LogP contribution >= 0.6 is 11.3 Å². The van der Waals surface area contributed by atoms with Crippen molar-refractivity contribution in [1.82, 2.24) is 4.57 Å². The van der Waals surface area contributed by atoms with Crippen LogP contribution in [-0.2, 0) is 16.7 Å². The topological polar surface area (TPSA) is 116 Å². The largest absolute Gasteiger partial charge is 0.494 e. The molecule has 3 N–H and O–H groups in total. The Hall–Kier alpha value is -4.15. The Morgan fingerprint density at radius 1 is 1.10 bits per heavy atom. The second-order valence-electron chi connectivity index (χ2n) is 11.6. The van der Waals surface area contributed by atoms with Crippen LogP contribution in [0.2, 0.25) is 0 Å². The number of aromatic hydroxyl groups is 1. The summed E-state index contributed by atoms with van der Waals surface area (Å²) in [6.45, 7) is 10.6. The van der Waals surface area contributed by atoms with E-state index in [1.165, 1.54) is 36.3 Å². The molecule has 4 aromatic rings. The summed E-state index contributed by atoms with van der Waals surface area (Å²) in [7, 11) is 3.03. The van der Waals surface area contributed by atoms with E-state index in [0.717, 1.165) is 10.4 Å². The van der Waals surface area contributed by atoms with E-state index in [0.29, 0.717) is 50.5 Å². The van der Waals surface area contributed by atoms with Gasteiger partial charge in [0.1, 0.15) is 16.1 Å². The smallest absolute Gasteiger partial charge is 0.341 e. The van der Waals surface area contributed by atoms with Crippen molar-refractivity contribution < 1.29 is 29.4 Å². The maximum atomic E-state index is 13.6. The molecule has 10 heteroatoms. The van der Waals surface area contributed by atoms with Gasteiger partial charge in [0.2, 0.25) is 5.88 Å². The number of aliphatic imine (C=N–C) groups is 1. The van der Waals surface area contributed by atoms with E-state index >= 15 is 0 Å². The van der Waals surface area contributed by atoms with Gasteiger partial charge in [-0.2, -0.15) is 0 Å². The number of quaternary nitrogens is 1. The number of pyridine rings is 1. The lowest BCUT2D eigenvalue weighted by Crippen LogP contribution is -3.03. The van der Waals surface area contributed by atoms with Gasteiger partial charge in [-0.05, 0) is 58.4 Å². The molecule has 0 unspecified atom stereocenters. The Balaban J connectivity index is 1.73. The lowest BCUT2D eigenvalue weighted by molar-refractivity contribution is -0.789. The summed E-state index contributed by atoms with van der Waals surface area (Å²) in [5.74, 6) is 0.201. The molecule has 220 valence electrons. The van der Waals surface area contributed by atoms with Gasteiger partial charge in [0.15, 0.2) is 11.5 Å². The van der Waals surface area contributed by atoms with E-state index in [-0.39, 0.29) is 23.6 Å². The minimum Gasteiger partial charge on any atom is -0.494 e. The molecule has 9 nitrogen and oxygen atoms in total. The standard InChI is InChI=1S/C32H35N3O6S/c1-8-41-30(38)25-21-16-31(2,3)34-32(4,5)26(21)42-27(25)33-17-22-19-11-9-10-12-20(19)28(36)35(29(22)37)18-13-14-23(39-6)24(15-18)40-7/h9-15,17,34,37H,8,16H2,1-7H3/p+1/b33-17+. The number of nitrogens with zero attached hydrogens (tertiary/aromatic N) is 2. The van der Waals surface area contributed by atoms with E-state index in [2.05, 4.69) is 33.0 Å². The van der Waals surface area contributed by atoms with Crippen LogP contribution in [0.1, 0.15) is 61.0 Å². The molecule has 0 bridgehead atoms. The van der Waals surface area contributed by atoms with Gasteiger partial charge in [-0.25, -0.2) is 14.4 Å². The zero-order chi connectivity index (χ0) is 30.4. The zero-order valence-corrected chi connectivity index (χ0v) is 25.7. The third kappa shape index (κ3) is 5.05. The molecule has 2 aromatic carbocycles. The van der Waals surface area contributed by atoms with Crippen LogP contribution in [0, 0.1) is 0 Å². The summed E-state index contributed by atoms with van der Waals surface area (Å²) < 4.78 is 17.5. The van der Waals surface area contributed by atoms with Gasteiger partial charge in [0.25, 0.3) is 5.56 Å². The first-order valence-corrected chi connectivity index (χ1v) is 14.6. The van der Waals surface area contributed by atoms with Crippen molar-refractivity contribution in [3.63, 3.8) is 0 Å². The Labute approximate surface area is 248 Å². The minimum atomic E-state index is -0.417. The van der Waals surface area contributed by atoms with Crippen molar-refractivity contribution >= 4 is 39.3 Å². The predicted molar refractivity (Wildman–Crippen MR) is 165 cm³/mol. The number of esters is 1. The Morgan fingerprint density at radius 2 is 1.79 bits per heavy atom. The molecule has 0 atom stereocenters. The SMILES string of the molecule is CCOC(=O)c1c(/N=C/c2c(O)n(-c3ccc(OC)c(OC)c3)c(=O)c3ccccc23)sc2c1CC(C)(C)[NH2+]C2(C)C. The van der Waals surface area contributed by atoms with Crippen molar-refractivity contribution in [2.75, 3.05) is 20.8 Å². The molecule has 0 fully saturated rings. The molecular weight excluding hydrogens is 554 g/mol. The summed E-state index contributed by atoms with van der Waals surface area (Å²) in [6.07, 6.45) is 2.21. The van der Waals surface area contributed by atoms with Crippen molar-refractivity contribution in [3.05, 3.63) is 74.4 Å². The number of aromatic nitrogens is 1. The lowest BCUT2D eigenvalue weighted by atomic mass is 9.81.